The van der Waals surface area contributed by atoms with E-state index >= 15 is 0 Å². The molecule has 1 radical (unpaired) electrons. The molecule has 0 atom stereocenters. The van der Waals surface area contributed by atoms with Gasteiger partial charge in [-0.3, -0.25) is 0 Å². The third-order valence-corrected chi connectivity index (χ3v) is 0.863. The molecule has 55 valence electrons. The van der Waals surface area contributed by atoms with E-state index in [0.717, 1.165) is 0 Å². The van der Waals surface area contributed by atoms with Gasteiger partial charge in [-0.25, -0.2) is 0 Å². The maximum absolute atomic E-state index is 2.96. The smallest absolute Gasteiger partial charge is 0 e. The van der Waals surface area contributed by atoms with Crippen molar-refractivity contribution in [1.29, 1.82) is 0 Å². The van der Waals surface area contributed by atoms with Gasteiger partial charge < -0.3 is 0 Å². The Morgan fingerprint density at radius 1 is 1.30 bits per heavy atom. The molecule has 0 heterocycles. The first-order chi connectivity index (χ1) is 4.39. The summed E-state index contributed by atoms with van der Waals surface area (Å²) in [6.45, 7) is 6.05. The molecule has 1 aromatic carbocycles. The van der Waals surface area contributed by atoms with Crippen LogP contribution in [0.3, 0.4) is 0 Å². The van der Waals surface area contributed by atoms with Crippen LogP contribution >= 0.6 is 0 Å². The number of hydrogen-bond acceptors (Lipinski definition) is 0. The predicted molar refractivity (Wildman–Crippen MR) is 41.4 cm³/mol. The van der Waals surface area contributed by atoms with E-state index in [1.807, 2.05) is 32.0 Å². The van der Waals surface area contributed by atoms with E-state index in [9.17, 15) is 0 Å². The summed E-state index contributed by atoms with van der Waals surface area (Å²) in [7, 11) is 0. The number of benzene rings is 1. The zero-order valence-corrected chi connectivity index (χ0v) is 8.15. The molecule has 0 aliphatic rings. The zero-order valence-electron chi connectivity index (χ0n) is 6.76. The first-order valence-corrected chi connectivity index (χ1v) is 3.32. The van der Waals surface area contributed by atoms with Crippen molar-refractivity contribution in [1.82, 2.24) is 0 Å². The van der Waals surface area contributed by atoms with Crippen molar-refractivity contribution in [3.05, 3.63) is 35.9 Å². The Morgan fingerprint density at radius 3 is 2.10 bits per heavy atom. The summed E-state index contributed by atoms with van der Waals surface area (Å²) in [6, 6.07) is 10.8. The fourth-order valence-corrected chi connectivity index (χ4v) is 0.483. The van der Waals surface area contributed by atoms with Crippen LogP contribution in [-0.4, -0.2) is 0 Å². The van der Waals surface area contributed by atoms with Gasteiger partial charge >= 0.3 is 0 Å². The van der Waals surface area contributed by atoms with Crippen LogP contribution in [0.5, 0.6) is 0 Å². The summed E-state index contributed by atoms with van der Waals surface area (Å²) in [6.07, 6.45) is 0. The third-order valence-electron chi connectivity index (χ3n) is 0.863. The fraction of sp³-hybridized carbons (Fsp3) is 0.333. The maximum Gasteiger partial charge on any atom is 0 e. The van der Waals surface area contributed by atoms with Gasteiger partial charge in [-0.05, 0) is 0 Å². The Labute approximate surface area is 75.5 Å². The summed E-state index contributed by atoms with van der Waals surface area (Å²) in [5, 5.41) is 0. The van der Waals surface area contributed by atoms with Crippen molar-refractivity contribution in [2.75, 3.05) is 0 Å². The van der Waals surface area contributed by atoms with Gasteiger partial charge in [-0.15, -0.1) is 0 Å². The van der Waals surface area contributed by atoms with Crippen LogP contribution in [0.2, 0.25) is 0 Å². The average molecular weight is 172 g/mol. The Balaban J connectivity index is 0. The minimum absolute atomic E-state index is 0. The second-order valence-corrected chi connectivity index (χ2v) is 1.58. The largest absolute Gasteiger partial charge is 0.184 e. The Kier molecular flexibility index (Phi) is 11.0. The molecule has 1 heteroatoms. The minimum atomic E-state index is 0. The van der Waals surface area contributed by atoms with Crippen molar-refractivity contribution in [2.45, 2.75) is 20.8 Å². The molecule has 0 spiro atoms. The van der Waals surface area contributed by atoms with E-state index in [-0.39, 0.29) is 18.6 Å². The van der Waals surface area contributed by atoms with Crippen LogP contribution in [-0.2, 0) is 18.6 Å². The van der Waals surface area contributed by atoms with E-state index < -0.39 is 0 Å². The van der Waals surface area contributed by atoms with Gasteiger partial charge in [0.15, 0.2) is 0 Å². The van der Waals surface area contributed by atoms with Crippen molar-refractivity contribution in [2.24, 2.45) is 0 Å². The van der Waals surface area contributed by atoms with Gasteiger partial charge in [0.2, 0.25) is 0 Å². The molecule has 0 saturated heterocycles. The van der Waals surface area contributed by atoms with Gasteiger partial charge in [0.1, 0.15) is 0 Å². The Morgan fingerprint density at radius 2 is 1.90 bits per heavy atom. The quantitative estimate of drug-likeness (QED) is 0.528. The molecule has 0 bridgehead atoms. The molecule has 0 N–H and O–H groups in total. The summed E-state index contributed by atoms with van der Waals surface area (Å²) >= 11 is 0. The monoisotopic (exact) mass is 172 g/mol. The summed E-state index contributed by atoms with van der Waals surface area (Å²) < 4.78 is 0. The standard InChI is InChI=1S/C7H7.C2H6.V/c1-7-5-3-2-4-6-7;1-2;/h2-3,5-6H,1H3;1-2H3;/q-1;;. The van der Waals surface area contributed by atoms with Crippen molar-refractivity contribution in [3.63, 3.8) is 0 Å². The molecule has 0 aromatic heterocycles. The number of rotatable bonds is 0. The molecule has 0 unspecified atom stereocenters. The SMILES string of the molecule is CC.Cc1c[c-]ccc1.[V]. The Hall–Kier alpha value is -0.196. The summed E-state index contributed by atoms with van der Waals surface area (Å²) in [5.41, 5.74) is 1.27. The van der Waals surface area contributed by atoms with Crippen LogP contribution in [0, 0.1) is 13.0 Å². The van der Waals surface area contributed by atoms with Crippen molar-refractivity contribution >= 4 is 0 Å². The molecule has 0 fully saturated rings. The first kappa shape index (κ1) is 12.5. The van der Waals surface area contributed by atoms with Gasteiger partial charge in [0, 0.05) is 18.6 Å². The van der Waals surface area contributed by atoms with E-state index in [0.29, 0.717) is 0 Å². The third kappa shape index (κ3) is 5.93. The second kappa shape index (κ2) is 8.80. The molecule has 0 amide bonds. The summed E-state index contributed by atoms with van der Waals surface area (Å²) in [5.74, 6) is 0. The maximum atomic E-state index is 2.96. The molecule has 1 rings (SSSR count). The van der Waals surface area contributed by atoms with Crippen molar-refractivity contribution in [3.8, 4) is 0 Å². The molecule has 0 aliphatic carbocycles. The first-order valence-electron chi connectivity index (χ1n) is 3.32. The van der Waals surface area contributed by atoms with Crippen LogP contribution in [0.15, 0.2) is 24.3 Å². The van der Waals surface area contributed by atoms with Crippen LogP contribution in [0.4, 0.5) is 0 Å². The number of hydrogen-bond donors (Lipinski definition) is 0. The molecule has 10 heavy (non-hydrogen) atoms. The Bertz CT molecular complexity index is 135. The minimum Gasteiger partial charge on any atom is -0.184 e. The topological polar surface area (TPSA) is 0 Å². The van der Waals surface area contributed by atoms with E-state index in [4.69, 9.17) is 0 Å². The predicted octanol–water partition coefficient (Wildman–Crippen LogP) is 2.82. The van der Waals surface area contributed by atoms with Crippen LogP contribution in [0.1, 0.15) is 19.4 Å². The molecule has 0 nitrogen and oxygen atoms in total. The second-order valence-electron chi connectivity index (χ2n) is 1.58. The number of aryl methyl sites for hydroxylation is 1. The molecular weight excluding hydrogens is 159 g/mol. The zero-order chi connectivity index (χ0) is 7.11. The molecular formula is C9H13V-. The molecule has 1 aromatic rings. The van der Waals surface area contributed by atoms with Crippen LogP contribution < -0.4 is 0 Å². The fourth-order valence-electron chi connectivity index (χ4n) is 0.483. The average Bonchev–Trinajstić information content (AvgIpc) is 1.94. The molecule has 0 saturated carbocycles. The van der Waals surface area contributed by atoms with Crippen molar-refractivity contribution < 1.29 is 18.6 Å². The van der Waals surface area contributed by atoms with E-state index in [1.54, 1.807) is 0 Å². The normalized spacial score (nSPS) is 6.70. The summed E-state index contributed by atoms with van der Waals surface area (Å²) in [4.78, 5) is 0. The van der Waals surface area contributed by atoms with E-state index in [1.165, 1.54) is 5.56 Å². The van der Waals surface area contributed by atoms with Gasteiger partial charge in [0.05, 0.1) is 0 Å². The van der Waals surface area contributed by atoms with Gasteiger partial charge in [-0.2, -0.15) is 35.9 Å². The van der Waals surface area contributed by atoms with Crippen LogP contribution in [0.25, 0.3) is 0 Å². The van der Waals surface area contributed by atoms with E-state index in [2.05, 4.69) is 19.1 Å². The van der Waals surface area contributed by atoms with Gasteiger partial charge in [-0.1, -0.05) is 20.8 Å². The van der Waals surface area contributed by atoms with Gasteiger partial charge in [0.25, 0.3) is 0 Å². The molecule has 0 aliphatic heterocycles.